The van der Waals surface area contributed by atoms with Crippen molar-refractivity contribution in [2.24, 2.45) is 5.92 Å². The molecule has 0 saturated carbocycles. The number of likely N-dealkylation sites (tertiary alicyclic amines) is 1. The normalized spacial score (nSPS) is 19.5. The first-order valence-corrected chi connectivity index (χ1v) is 11.8. The molecule has 0 aliphatic carbocycles. The quantitative estimate of drug-likeness (QED) is 0.755. The minimum Gasteiger partial charge on any atom is -0.337 e. The number of nitrogens with zero attached hydrogens (tertiary/aromatic N) is 1. The first kappa shape index (κ1) is 22.4. The average Bonchev–Trinajstić information content (AvgIpc) is 3.01. The van der Waals surface area contributed by atoms with Crippen LogP contribution in [0.25, 0.3) is 11.1 Å². The topological polar surface area (TPSA) is 66.5 Å². The van der Waals surface area contributed by atoms with Crippen LogP contribution in [0.1, 0.15) is 25.8 Å². The first-order chi connectivity index (χ1) is 14.0. The number of carbonyl (C=O) groups excluding carboxylic acids is 1. The van der Waals surface area contributed by atoms with Crippen LogP contribution in [0.2, 0.25) is 0 Å². The smallest absolute Gasteiger partial charge is 0.225 e. The average molecular weight is 437 g/mol. The molecule has 1 amide bonds. The fourth-order valence-corrected chi connectivity index (χ4v) is 4.79. The number of nitrogens with one attached hydrogen (secondary N) is 1. The maximum atomic E-state index is 14.4. The van der Waals surface area contributed by atoms with Gasteiger partial charge in [0.05, 0.1) is 12.3 Å². The summed E-state index contributed by atoms with van der Waals surface area (Å²) >= 11 is 0. The Bertz CT molecular complexity index is 1040. The highest BCUT2D eigenvalue weighted by Crippen LogP contribution is 2.28. The molecule has 0 aromatic heterocycles. The van der Waals surface area contributed by atoms with Crippen molar-refractivity contribution in [3.8, 4) is 11.1 Å². The maximum absolute atomic E-state index is 14.4. The SMILES string of the molecule is CC(C)C(=O)N1CCC(NS(C)(=O)=O)C1Cc1cc(F)cc(-c2cccc(F)c2)c1. The van der Waals surface area contributed by atoms with Gasteiger partial charge < -0.3 is 4.90 Å². The van der Waals surface area contributed by atoms with Crippen molar-refractivity contribution in [3.63, 3.8) is 0 Å². The Labute approximate surface area is 176 Å². The van der Waals surface area contributed by atoms with Crippen LogP contribution in [0.3, 0.4) is 0 Å². The van der Waals surface area contributed by atoms with E-state index in [1.807, 2.05) is 0 Å². The molecule has 1 heterocycles. The molecule has 3 rings (SSSR count). The highest BCUT2D eigenvalue weighted by Gasteiger charge is 2.39. The Morgan fingerprint density at radius 2 is 1.83 bits per heavy atom. The summed E-state index contributed by atoms with van der Waals surface area (Å²) in [4.78, 5) is 14.4. The van der Waals surface area contributed by atoms with Crippen molar-refractivity contribution in [2.75, 3.05) is 12.8 Å². The Balaban J connectivity index is 1.94. The standard InChI is InChI=1S/C22H26F2N2O3S/c1-14(2)22(27)26-8-7-20(25-30(3,28)29)21(26)11-15-9-17(13-19(24)10-15)16-5-4-6-18(23)12-16/h4-6,9-10,12-14,20-21,25H,7-8,11H2,1-3H3. The Morgan fingerprint density at radius 1 is 1.13 bits per heavy atom. The lowest BCUT2D eigenvalue weighted by Gasteiger charge is -2.30. The van der Waals surface area contributed by atoms with Crippen molar-refractivity contribution in [2.45, 2.75) is 38.8 Å². The number of sulfonamides is 1. The fourth-order valence-electron chi connectivity index (χ4n) is 3.97. The predicted molar refractivity (Wildman–Crippen MR) is 112 cm³/mol. The molecule has 1 N–H and O–H groups in total. The molecule has 30 heavy (non-hydrogen) atoms. The van der Waals surface area contributed by atoms with Crippen molar-refractivity contribution in [1.82, 2.24) is 9.62 Å². The highest BCUT2D eigenvalue weighted by molar-refractivity contribution is 7.88. The van der Waals surface area contributed by atoms with Gasteiger partial charge in [-0.05, 0) is 53.8 Å². The third-order valence-electron chi connectivity index (χ3n) is 5.25. The molecule has 2 atom stereocenters. The van der Waals surface area contributed by atoms with E-state index in [4.69, 9.17) is 0 Å². The van der Waals surface area contributed by atoms with Gasteiger partial charge in [0.1, 0.15) is 11.6 Å². The summed E-state index contributed by atoms with van der Waals surface area (Å²) in [6.07, 6.45) is 1.86. The van der Waals surface area contributed by atoms with E-state index in [9.17, 15) is 22.0 Å². The van der Waals surface area contributed by atoms with Gasteiger partial charge in [0.2, 0.25) is 15.9 Å². The number of rotatable bonds is 6. The van der Waals surface area contributed by atoms with E-state index in [2.05, 4.69) is 4.72 Å². The first-order valence-electron chi connectivity index (χ1n) is 9.86. The summed E-state index contributed by atoms with van der Waals surface area (Å²) in [5.41, 5.74) is 1.68. The number of benzene rings is 2. The number of amides is 1. The highest BCUT2D eigenvalue weighted by atomic mass is 32.2. The molecule has 0 radical (unpaired) electrons. The molecule has 1 aliphatic heterocycles. The third-order valence-corrected chi connectivity index (χ3v) is 5.98. The lowest BCUT2D eigenvalue weighted by molar-refractivity contribution is -0.135. The Morgan fingerprint density at radius 3 is 2.47 bits per heavy atom. The maximum Gasteiger partial charge on any atom is 0.225 e. The summed E-state index contributed by atoms with van der Waals surface area (Å²) in [5.74, 6) is -1.20. The molecule has 1 saturated heterocycles. The molecule has 1 fully saturated rings. The van der Waals surface area contributed by atoms with Crippen molar-refractivity contribution >= 4 is 15.9 Å². The van der Waals surface area contributed by atoms with Crippen LogP contribution in [0.4, 0.5) is 8.78 Å². The van der Waals surface area contributed by atoms with E-state index in [-0.39, 0.29) is 18.2 Å². The molecule has 2 aromatic rings. The van der Waals surface area contributed by atoms with Gasteiger partial charge in [-0.15, -0.1) is 0 Å². The van der Waals surface area contributed by atoms with Crippen molar-refractivity contribution in [1.29, 1.82) is 0 Å². The van der Waals surface area contributed by atoms with E-state index in [0.29, 0.717) is 29.7 Å². The molecule has 2 aromatic carbocycles. The van der Waals surface area contributed by atoms with Gasteiger partial charge in [0.25, 0.3) is 0 Å². The van der Waals surface area contributed by atoms with E-state index in [0.717, 1.165) is 6.26 Å². The van der Waals surface area contributed by atoms with Crippen LogP contribution < -0.4 is 4.72 Å². The minimum absolute atomic E-state index is 0.0699. The lowest BCUT2D eigenvalue weighted by Crippen LogP contribution is -2.48. The van der Waals surface area contributed by atoms with Crippen molar-refractivity contribution < 1.29 is 22.0 Å². The van der Waals surface area contributed by atoms with Crippen LogP contribution in [-0.4, -0.2) is 44.1 Å². The monoisotopic (exact) mass is 436 g/mol. The largest absolute Gasteiger partial charge is 0.337 e. The number of hydrogen-bond donors (Lipinski definition) is 1. The van der Waals surface area contributed by atoms with Crippen molar-refractivity contribution in [3.05, 3.63) is 59.7 Å². The van der Waals surface area contributed by atoms with E-state index in [1.54, 1.807) is 36.9 Å². The number of hydrogen-bond acceptors (Lipinski definition) is 3. The zero-order valence-electron chi connectivity index (χ0n) is 17.2. The number of halogens is 2. The lowest BCUT2D eigenvalue weighted by atomic mass is 9.96. The molecule has 0 bridgehead atoms. The van der Waals surface area contributed by atoms with Gasteiger partial charge >= 0.3 is 0 Å². The number of carbonyl (C=O) groups is 1. The van der Waals surface area contributed by atoms with E-state index >= 15 is 0 Å². The van der Waals surface area contributed by atoms with E-state index in [1.165, 1.54) is 24.3 Å². The molecule has 1 aliphatic rings. The second-order valence-corrected chi connectivity index (χ2v) is 9.88. The molecular formula is C22H26F2N2O3S. The third kappa shape index (κ3) is 5.43. The summed E-state index contributed by atoms with van der Waals surface area (Å²) in [6.45, 7) is 4.02. The van der Waals surface area contributed by atoms with Crippen LogP contribution in [0.15, 0.2) is 42.5 Å². The zero-order chi connectivity index (χ0) is 22.1. The Kier molecular flexibility index (Phi) is 6.57. The summed E-state index contributed by atoms with van der Waals surface area (Å²) in [5, 5.41) is 0. The second-order valence-electron chi connectivity index (χ2n) is 8.10. The summed E-state index contributed by atoms with van der Waals surface area (Å²) in [6, 6.07) is 9.47. The second kappa shape index (κ2) is 8.81. The van der Waals surface area contributed by atoms with Gasteiger partial charge in [-0.3, -0.25) is 4.79 Å². The molecule has 8 heteroatoms. The van der Waals surface area contributed by atoms with Gasteiger partial charge in [0.15, 0.2) is 0 Å². The van der Waals surface area contributed by atoms with Crippen LogP contribution in [-0.2, 0) is 21.2 Å². The zero-order valence-corrected chi connectivity index (χ0v) is 18.0. The van der Waals surface area contributed by atoms with Crippen LogP contribution in [0.5, 0.6) is 0 Å². The van der Waals surface area contributed by atoms with Crippen LogP contribution in [0, 0.1) is 17.6 Å². The summed E-state index contributed by atoms with van der Waals surface area (Å²) < 4.78 is 54.2. The van der Waals surface area contributed by atoms with Crippen LogP contribution >= 0.6 is 0 Å². The Hall–Kier alpha value is -2.32. The van der Waals surface area contributed by atoms with Gasteiger partial charge in [-0.25, -0.2) is 21.9 Å². The summed E-state index contributed by atoms with van der Waals surface area (Å²) in [7, 11) is -3.47. The molecule has 162 valence electrons. The van der Waals surface area contributed by atoms with E-state index < -0.39 is 33.7 Å². The van der Waals surface area contributed by atoms with Gasteiger partial charge in [-0.1, -0.05) is 32.0 Å². The fraction of sp³-hybridized carbons (Fsp3) is 0.409. The molecular weight excluding hydrogens is 410 g/mol. The minimum atomic E-state index is -3.47. The van der Waals surface area contributed by atoms with Gasteiger partial charge in [0, 0.05) is 18.5 Å². The van der Waals surface area contributed by atoms with Gasteiger partial charge in [-0.2, -0.15) is 0 Å². The predicted octanol–water partition coefficient (Wildman–Crippen LogP) is 3.35. The molecule has 5 nitrogen and oxygen atoms in total. The molecule has 2 unspecified atom stereocenters. The molecule has 0 spiro atoms.